The van der Waals surface area contributed by atoms with Gasteiger partial charge in [0.05, 0.1) is 11.1 Å². The molecule has 34 heavy (non-hydrogen) atoms. The Labute approximate surface area is 188 Å². The number of aromatic nitrogens is 1. The van der Waals surface area contributed by atoms with Gasteiger partial charge in [-0.1, -0.05) is 18.2 Å². The molecule has 0 aliphatic carbocycles. The topological polar surface area (TPSA) is 102 Å². The Morgan fingerprint density at radius 2 is 1.65 bits per heavy atom. The minimum absolute atomic E-state index is 0.0914. The number of carbonyl (C=O) groups excluding carboxylic acids is 1. The molecular formula is C20H15F6N2O5P. The number of nitrogens with zero attached hydrogens (tertiary/aromatic N) is 2. The van der Waals surface area contributed by atoms with E-state index in [1.54, 1.807) is 24.3 Å². The van der Waals surface area contributed by atoms with Crippen molar-refractivity contribution in [1.82, 2.24) is 4.57 Å². The van der Waals surface area contributed by atoms with Crippen LogP contribution in [0.4, 0.5) is 26.3 Å². The maximum atomic E-state index is 13.0. The van der Waals surface area contributed by atoms with Crippen LogP contribution in [0.1, 0.15) is 27.0 Å². The summed E-state index contributed by atoms with van der Waals surface area (Å²) in [5.41, 5.74) is -2.04. The molecule has 0 fully saturated rings. The lowest BCUT2D eigenvalue weighted by Gasteiger charge is -2.15. The molecule has 14 heteroatoms. The molecule has 7 nitrogen and oxygen atoms in total. The fourth-order valence-electron chi connectivity index (χ4n) is 2.90. The zero-order valence-electron chi connectivity index (χ0n) is 17.1. The van der Waals surface area contributed by atoms with Gasteiger partial charge in [-0.15, -0.1) is 5.26 Å². The second-order valence-electron chi connectivity index (χ2n) is 6.60. The number of aldehydes is 1. The van der Waals surface area contributed by atoms with E-state index in [9.17, 15) is 35.7 Å². The number of nitriles is 1. The van der Waals surface area contributed by atoms with Crippen LogP contribution >= 0.6 is 7.82 Å². The first-order valence-electron chi connectivity index (χ1n) is 8.99. The number of phosphoric ester groups is 1. The number of hydrogen-bond donors (Lipinski definition) is 1. The van der Waals surface area contributed by atoms with E-state index in [0.717, 1.165) is 13.4 Å². The highest BCUT2D eigenvalue weighted by atomic mass is 31.2. The van der Waals surface area contributed by atoms with Crippen molar-refractivity contribution in [1.29, 1.82) is 5.26 Å². The number of fused-ring (bicyclic) bond motifs is 1. The van der Waals surface area contributed by atoms with Gasteiger partial charge in [-0.3, -0.25) is 14.2 Å². The Balaban J connectivity index is 0.000000440. The molecule has 0 saturated heterocycles. The minimum atomic E-state index is -4.90. The van der Waals surface area contributed by atoms with Crippen LogP contribution in [0, 0.1) is 11.5 Å². The van der Waals surface area contributed by atoms with E-state index in [-0.39, 0.29) is 18.2 Å². The largest absolute Gasteiger partial charge is 0.537 e. The lowest BCUT2D eigenvalue weighted by molar-refractivity contribution is -0.143. The van der Waals surface area contributed by atoms with Crippen molar-refractivity contribution >= 4 is 25.0 Å². The van der Waals surface area contributed by atoms with Crippen LogP contribution in [0.5, 0.6) is 0 Å². The first kappa shape index (κ1) is 26.9. The van der Waals surface area contributed by atoms with Gasteiger partial charge in [0, 0.05) is 36.3 Å². The third-order valence-electron chi connectivity index (χ3n) is 4.33. The van der Waals surface area contributed by atoms with E-state index in [2.05, 4.69) is 9.05 Å². The predicted octanol–water partition coefficient (Wildman–Crippen LogP) is 5.77. The van der Waals surface area contributed by atoms with Crippen LogP contribution in [0.3, 0.4) is 0 Å². The lowest BCUT2D eigenvalue weighted by atomic mass is 10.0. The van der Waals surface area contributed by atoms with Crippen molar-refractivity contribution in [3.05, 3.63) is 70.9 Å². The standard InChI is InChI=1S/C18H11F6NO.C2H4NO4P/c19-17(20,21)13-5-11(6-14(7-13)18(22,23)24)8-25-9-12(10-26)15-3-1-2-4-16(15)25;1-6-8(4,5)7-2-3/h1-7,9-10H,8H2;1H3,(H,4,5). The van der Waals surface area contributed by atoms with Gasteiger partial charge in [0.1, 0.15) is 0 Å². The summed E-state index contributed by atoms with van der Waals surface area (Å²) in [6.45, 7) is -0.235. The van der Waals surface area contributed by atoms with E-state index in [1.807, 2.05) is 0 Å². The molecule has 1 heterocycles. The molecule has 0 aliphatic heterocycles. The second kappa shape index (κ2) is 10.3. The number of carbonyl (C=O) groups is 1. The van der Waals surface area contributed by atoms with E-state index in [1.165, 1.54) is 10.8 Å². The first-order chi connectivity index (χ1) is 15.7. The van der Waals surface area contributed by atoms with Gasteiger partial charge < -0.3 is 9.09 Å². The number of hydrogen-bond acceptors (Lipinski definition) is 5. The van der Waals surface area contributed by atoms with Crippen molar-refractivity contribution in [2.24, 2.45) is 0 Å². The summed E-state index contributed by atoms with van der Waals surface area (Å²) < 4.78 is 96.7. The molecule has 1 atom stereocenters. The van der Waals surface area contributed by atoms with Gasteiger partial charge in [0.2, 0.25) is 0 Å². The Kier molecular flexibility index (Phi) is 8.15. The monoisotopic (exact) mass is 508 g/mol. The molecule has 0 bridgehead atoms. The normalized spacial score (nSPS) is 13.4. The van der Waals surface area contributed by atoms with Gasteiger partial charge in [0.25, 0.3) is 6.26 Å². The number of rotatable bonds is 5. The fourth-order valence-corrected chi connectivity index (χ4v) is 3.07. The van der Waals surface area contributed by atoms with Crippen LogP contribution < -0.4 is 0 Å². The van der Waals surface area contributed by atoms with E-state index < -0.39 is 31.3 Å². The molecule has 3 aromatic rings. The van der Waals surface area contributed by atoms with Gasteiger partial charge >= 0.3 is 20.2 Å². The fraction of sp³-hybridized carbons (Fsp3) is 0.200. The molecular weight excluding hydrogens is 493 g/mol. The van der Waals surface area contributed by atoms with Crippen molar-refractivity contribution in [3.63, 3.8) is 0 Å². The first-order valence-corrected chi connectivity index (χ1v) is 10.5. The molecule has 1 aromatic heterocycles. The Morgan fingerprint density at radius 3 is 2.09 bits per heavy atom. The Bertz CT molecular complexity index is 1230. The highest BCUT2D eigenvalue weighted by molar-refractivity contribution is 7.47. The van der Waals surface area contributed by atoms with Gasteiger partial charge in [-0.2, -0.15) is 26.3 Å². The quantitative estimate of drug-likeness (QED) is 0.203. The average molecular weight is 508 g/mol. The summed E-state index contributed by atoms with van der Waals surface area (Å²) in [5.74, 6) is 0. The third-order valence-corrected chi connectivity index (χ3v) is 5.11. The molecule has 182 valence electrons. The molecule has 0 radical (unpaired) electrons. The number of halogens is 6. The van der Waals surface area contributed by atoms with Gasteiger partial charge in [-0.05, 0) is 29.8 Å². The maximum absolute atomic E-state index is 13.0. The summed E-state index contributed by atoms with van der Waals surface area (Å²) in [5, 5.41) is 8.22. The Hall–Kier alpha value is -3.33. The Morgan fingerprint density at radius 1 is 1.09 bits per heavy atom. The highest BCUT2D eigenvalue weighted by Gasteiger charge is 2.36. The van der Waals surface area contributed by atoms with Gasteiger partial charge in [0.15, 0.2) is 6.29 Å². The van der Waals surface area contributed by atoms with E-state index >= 15 is 0 Å². The summed E-state index contributed by atoms with van der Waals surface area (Å²) in [7, 11) is -3.06. The van der Waals surface area contributed by atoms with Crippen molar-refractivity contribution in [3.8, 4) is 6.26 Å². The molecule has 3 rings (SSSR count). The zero-order valence-corrected chi connectivity index (χ0v) is 18.0. The van der Waals surface area contributed by atoms with Crippen LogP contribution in [-0.4, -0.2) is 22.9 Å². The minimum Gasteiger partial charge on any atom is -0.342 e. The van der Waals surface area contributed by atoms with E-state index in [0.29, 0.717) is 34.9 Å². The van der Waals surface area contributed by atoms with Crippen LogP contribution in [0.15, 0.2) is 48.7 Å². The highest BCUT2D eigenvalue weighted by Crippen LogP contribution is 2.41. The number of alkyl halides is 6. The van der Waals surface area contributed by atoms with Crippen LogP contribution in [0.2, 0.25) is 0 Å². The molecule has 0 saturated carbocycles. The van der Waals surface area contributed by atoms with E-state index in [4.69, 9.17) is 10.2 Å². The van der Waals surface area contributed by atoms with Crippen molar-refractivity contribution in [2.75, 3.05) is 7.11 Å². The summed E-state index contributed by atoms with van der Waals surface area (Å²) in [6, 6.07) is 8.11. The lowest BCUT2D eigenvalue weighted by Crippen LogP contribution is -2.12. The second-order valence-corrected chi connectivity index (χ2v) is 8.08. The van der Waals surface area contributed by atoms with Crippen molar-refractivity contribution < 1.29 is 49.6 Å². The molecule has 0 aliphatic rings. The number of para-hydroxylation sites is 1. The molecule has 1 N–H and O–H groups in total. The smallest absolute Gasteiger partial charge is 0.342 e. The molecule has 0 amide bonds. The number of benzene rings is 2. The molecule has 1 unspecified atom stereocenters. The molecule has 2 aromatic carbocycles. The maximum Gasteiger partial charge on any atom is 0.537 e. The van der Waals surface area contributed by atoms with Gasteiger partial charge in [-0.25, -0.2) is 4.57 Å². The van der Waals surface area contributed by atoms with Crippen LogP contribution in [0.25, 0.3) is 10.9 Å². The third kappa shape index (κ3) is 6.84. The predicted molar refractivity (Wildman–Crippen MR) is 106 cm³/mol. The van der Waals surface area contributed by atoms with Crippen molar-refractivity contribution in [2.45, 2.75) is 18.9 Å². The SMILES string of the molecule is COP(=O)(O)OC#N.O=Cc1cn(Cc2cc(C(F)(F)F)cc(C(F)(F)F)c2)c2ccccc12. The average Bonchev–Trinajstić information content (AvgIpc) is 3.10. The summed E-state index contributed by atoms with van der Waals surface area (Å²) in [6.07, 6.45) is -6.78. The number of phosphoric acid groups is 1. The zero-order chi connectivity index (χ0) is 25.7. The summed E-state index contributed by atoms with van der Waals surface area (Å²) in [4.78, 5) is 19.4. The summed E-state index contributed by atoms with van der Waals surface area (Å²) >= 11 is 0. The van der Waals surface area contributed by atoms with Crippen LogP contribution in [-0.2, 0) is 32.5 Å². The molecule has 0 spiro atoms.